The van der Waals surface area contributed by atoms with Crippen LogP contribution in [-0.2, 0) is 9.47 Å². The fourth-order valence-corrected chi connectivity index (χ4v) is 3.46. The fourth-order valence-electron chi connectivity index (χ4n) is 3.46. The van der Waals surface area contributed by atoms with Gasteiger partial charge in [-0.3, -0.25) is 9.59 Å². The van der Waals surface area contributed by atoms with Crippen molar-refractivity contribution in [1.82, 2.24) is 9.97 Å². The van der Waals surface area contributed by atoms with Crippen molar-refractivity contribution < 1.29 is 28.7 Å². The van der Waals surface area contributed by atoms with Crippen LogP contribution in [0.1, 0.15) is 85.0 Å². The second-order valence-electron chi connectivity index (χ2n) is 6.94. The smallest absolute Gasteiger partial charge is 0.355 e. The van der Waals surface area contributed by atoms with Crippen molar-refractivity contribution in [3.63, 3.8) is 0 Å². The topological polar surface area (TPSA) is 118 Å². The van der Waals surface area contributed by atoms with Gasteiger partial charge in [0, 0.05) is 17.0 Å². The van der Waals surface area contributed by atoms with Gasteiger partial charge in [-0.15, -0.1) is 0 Å². The zero-order valence-corrected chi connectivity index (χ0v) is 17.7. The van der Waals surface area contributed by atoms with E-state index in [-0.39, 0.29) is 23.8 Å². The van der Waals surface area contributed by atoms with Crippen LogP contribution in [0.25, 0.3) is 0 Å². The van der Waals surface area contributed by atoms with Gasteiger partial charge in [0.15, 0.2) is 11.9 Å². The van der Waals surface area contributed by atoms with Gasteiger partial charge in [0.1, 0.15) is 5.69 Å². The van der Waals surface area contributed by atoms with Crippen molar-refractivity contribution in [2.24, 2.45) is 0 Å². The molecule has 2 aromatic heterocycles. The molecule has 0 radical (unpaired) electrons. The molecule has 0 aliphatic carbocycles. The van der Waals surface area contributed by atoms with Crippen LogP contribution in [0.4, 0.5) is 0 Å². The average molecular weight is 402 g/mol. The minimum Gasteiger partial charge on any atom is -0.462 e. The van der Waals surface area contributed by atoms with E-state index in [9.17, 15) is 19.2 Å². The summed E-state index contributed by atoms with van der Waals surface area (Å²) in [6, 6.07) is 0. The van der Waals surface area contributed by atoms with Crippen molar-refractivity contribution in [3.05, 3.63) is 45.0 Å². The fraction of sp³-hybridized carbons (Fsp3) is 0.429. The van der Waals surface area contributed by atoms with E-state index >= 15 is 0 Å². The molecule has 1 atom stereocenters. The third kappa shape index (κ3) is 4.16. The number of esters is 2. The first kappa shape index (κ1) is 22.1. The van der Waals surface area contributed by atoms with Crippen LogP contribution in [0.15, 0.2) is 0 Å². The van der Waals surface area contributed by atoms with Gasteiger partial charge in [-0.05, 0) is 59.6 Å². The van der Waals surface area contributed by atoms with E-state index in [1.807, 2.05) is 0 Å². The summed E-state index contributed by atoms with van der Waals surface area (Å²) in [7, 11) is 0. The molecule has 0 saturated heterocycles. The number of aryl methyl sites for hydroxylation is 2. The highest BCUT2D eigenvalue weighted by Crippen LogP contribution is 2.23. The summed E-state index contributed by atoms with van der Waals surface area (Å²) < 4.78 is 10.4. The van der Waals surface area contributed by atoms with Crippen molar-refractivity contribution in [1.29, 1.82) is 0 Å². The zero-order valence-electron chi connectivity index (χ0n) is 17.7. The van der Waals surface area contributed by atoms with Gasteiger partial charge >= 0.3 is 11.9 Å². The lowest BCUT2D eigenvalue weighted by molar-refractivity contribution is 0.0310. The van der Waals surface area contributed by atoms with Crippen LogP contribution in [0.5, 0.6) is 0 Å². The predicted octanol–water partition coefficient (Wildman–Crippen LogP) is 3.38. The van der Waals surface area contributed by atoms with Crippen molar-refractivity contribution in [3.8, 4) is 0 Å². The second kappa shape index (κ2) is 8.46. The Morgan fingerprint density at radius 3 is 1.90 bits per heavy atom. The summed E-state index contributed by atoms with van der Waals surface area (Å²) in [5.41, 5.74) is 3.06. The summed E-state index contributed by atoms with van der Waals surface area (Å²) in [6.07, 6.45) is -1.10. The maximum Gasteiger partial charge on any atom is 0.355 e. The highest BCUT2D eigenvalue weighted by Gasteiger charge is 2.29. The molecule has 2 heterocycles. The van der Waals surface area contributed by atoms with E-state index in [0.29, 0.717) is 33.6 Å². The number of hydrogen-bond acceptors (Lipinski definition) is 6. The maximum atomic E-state index is 12.8. The highest BCUT2D eigenvalue weighted by molar-refractivity contribution is 6.05. The number of Topliss-reactive ketones (excluding diaryl/α,β-unsaturated/α-hetero) is 2. The lowest BCUT2D eigenvalue weighted by Gasteiger charge is -2.12. The standard InChI is InChI=1S/C21H26N2O6/c1-8-28-20(26)16-10(3)17(22-12(16)5)19(25)14(7)29-21(27)18-9(2)15(13(6)24)11(4)23-18/h14,22-23H,8H2,1-7H3/t14-/m0/s1. The maximum absolute atomic E-state index is 12.8. The number of aromatic amines is 2. The Kier molecular flexibility index (Phi) is 6.46. The molecule has 2 rings (SSSR count). The monoisotopic (exact) mass is 402 g/mol. The Hall–Kier alpha value is -3.16. The largest absolute Gasteiger partial charge is 0.462 e. The number of carbonyl (C=O) groups is 4. The molecule has 29 heavy (non-hydrogen) atoms. The van der Waals surface area contributed by atoms with Gasteiger partial charge in [-0.2, -0.15) is 0 Å². The summed E-state index contributed by atoms with van der Waals surface area (Å²) in [4.78, 5) is 55.0. The molecule has 0 saturated carbocycles. The molecule has 8 heteroatoms. The number of rotatable bonds is 7. The molecule has 156 valence electrons. The van der Waals surface area contributed by atoms with Crippen molar-refractivity contribution >= 4 is 23.5 Å². The molecule has 0 aliphatic rings. The first-order valence-corrected chi connectivity index (χ1v) is 9.32. The van der Waals surface area contributed by atoms with Gasteiger partial charge in [-0.1, -0.05) is 0 Å². The first-order valence-electron chi connectivity index (χ1n) is 9.32. The van der Waals surface area contributed by atoms with Crippen LogP contribution in [0.2, 0.25) is 0 Å². The third-order valence-electron chi connectivity index (χ3n) is 4.81. The molecular weight excluding hydrogens is 376 g/mol. The quantitative estimate of drug-likeness (QED) is 0.541. The van der Waals surface area contributed by atoms with Gasteiger partial charge in [-0.25, -0.2) is 9.59 Å². The highest BCUT2D eigenvalue weighted by atomic mass is 16.5. The second-order valence-corrected chi connectivity index (χ2v) is 6.94. The molecule has 2 N–H and O–H groups in total. The molecule has 0 fully saturated rings. The normalized spacial score (nSPS) is 11.8. The van der Waals surface area contributed by atoms with Crippen molar-refractivity contribution in [2.45, 2.75) is 54.6 Å². The van der Waals surface area contributed by atoms with Crippen LogP contribution in [-0.4, -0.2) is 46.2 Å². The van der Waals surface area contributed by atoms with E-state index < -0.39 is 23.8 Å². The molecule has 2 aromatic rings. The third-order valence-corrected chi connectivity index (χ3v) is 4.81. The number of aromatic nitrogens is 2. The van der Waals surface area contributed by atoms with Crippen molar-refractivity contribution in [2.75, 3.05) is 6.61 Å². The van der Waals surface area contributed by atoms with Crippen LogP contribution in [0.3, 0.4) is 0 Å². The van der Waals surface area contributed by atoms with Gasteiger partial charge in [0.05, 0.1) is 17.9 Å². The summed E-state index contributed by atoms with van der Waals surface area (Å²) in [6.45, 7) is 11.4. The van der Waals surface area contributed by atoms with Crippen LogP contribution < -0.4 is 0 Å². The Balaban J connectivity index is 2.25. The van der Waals surface area contributed by atoms with E-state index in [1.165, 1.54) is 13.8 Å². The molecule has 0 bridgehead atoms. The van der Waals surface area contributed by atoms with E-state index in [4.69, 9.17) is 9.47 Å². The SMILES string of the molecule is CCOC(=O)c1c(C)[nH]c(C(=O)[C@H](C)OC(=O)c2[nH]c(C)c(C(C)=O)c2C)c1C. The minimum atomic E-state index is -1.10. The summed E-state index contributed by atoms with van der Waals surface area (Å²) >= 11 is 0. The lowest BCUT2D eigenvalue weighted by atomic mass is 10.1. The average Bonchev–Trinajstić information content (AvgIpc) is 3.09. The molecular formula is C21H26N2O6. The number of H-pyrrole nitrogens is 2. The number of ketones is 2. The minimum absolute atomic E-state index is 0.138. The van der Waals surface area contributed by atoms with Gasteiger partial charge in [0.2, 0.25) is 5.78 Å². The number of hydrogen-bond donors (Lipinski definition) is 2. The summed E-state index contributed by atoms with van der Waals surface area (Å²) in [5, 5.41) is 0. The van der Waals surface area contributed by atoms with Crippen LogP contribution in [0, 0.1) is 27.7 Å². The number of carbonyl (C=O) groups excluding carboxylic acids is 4. The number of ether oxygens (including phenoxy) is 2. The van der Waals surface area contributed by atoms with E-state index in [0.717, 1.165) is 0 Å². The van der Waals surface area contributed by atoms with Crippen LogP contribution >= 0.6 is 0 Å². The molecule has 0 amide bonds. The number of nitrogens with one attached hydrogen (secondary N) is 2. The summed E-state index contributed by atoms with van der Waals surface area (Å²) in [5.74, 6) is -1.88. The molecule has 0 spiro atoms. The molecule has 8 nitrogen and oxygen atoms in total. The lowest BCUT2D eigenvalue weighted by Crippen LogP contribution is -2.26. The van der Waals surface area contributed by atoms with E-state index in [1.54, 1.807) is 34.6 Å². The Morgan fingerprint density at radius 1 is 0.862 bits per heavy atom. The Morgan fingerprint density at radius 2 is 1.38 bits per heavy atom. The molecule has 0 unspecified atom stereocenters. The van der Waals surface area contributed by atoms with Gasteiger partial charge < -0.3 is 19.4 Å². The molecule has 0 aliphatic heterocycles. The first-order chi connectivity index (χ1) is 13.5. The molecule has 0 aromatic carbocycles. The van der Waals surface area contributed by atoms with Gasteiger partial charge in [0.25, 0.3) is 0 Å². The Labute approximate surface area is 169 Å². The Bertz CT molecular complexity index is 995. The predicted molar refractivity (Wildman–Crippen MR) is 106 cm³/mol. The zero-order chi connectivity index (χ0) is 22.0. The van der Waals surface area contributed by atoms with E-state index in [2.05, 4.69) is 9.97 Å².